The second kappa shape index (κ2) is 9.65. The highest BCUT2D eigenvalue weighted by atomic mass is 35.5. The summed E-state index contributed by atoms with van der Waals surface area (Å²) in [5.74, 6) is -0.102. The van der Waals surface area contributed by atoms with Crippen LogP contribution in [0, 0.1) is 0 Å². The van der Waals surface area contributed by atoms with Crippen molar-refractivity contribution in [3.05, 3.63) is 65.3 Å². The summed E-state index contributed by atoms with van der Waals surface area (Å²) < 4.78 is 29.5. The Balaban J connectivity index is 1.55. The maximum absolute atomic E-state index is 13.0. The van der Waals surface area contributed by atoms with Crippen molar-refractivity contribution in [2.24, 2.45) is 0 Å². The lowest BCUT2D eigenvalue weighted by molar-refractivity contribution is -0.124. The summed E-state index contributed by atoms with van der Waals surface area (Å²) in [5, 5.41) is 4.40. The van der Waals surface area contributed by atoms with Gasteiger partial charge in [-0.2, -0.15) is 4.31 Å². The molecule has 1 aromatic heterocycles. The summed E-state index contributed by atoms with van der Waals surface area (Å²) in [6.45, 7) is 3.46. The van der Waals surface area contributed by atoms with Gasteiger partial charge < -0.3 is 9.88 Å². The average Bonchev–Trinajstić information content (AvgIpc) is 3.23. The van der Waals surface area contributed by atoms with Gasteiger partial charge in [-0.05, 0) is 55.2 Å². The third-order valence-corrected chi connectivity index (χ3v) is 8.34. The highest BCUT2D eigenvalue weighted by Crippen LogP contribution is 2.28. The highest BCUT2D eigenvalue weighted by molar-refractivity contribution is 7.89. The second-order valence-corrected chi connectivity index (χ2v) is 10.5. The van der Waals surface area contributed by atoms with E-state index in [1.165, 1.54) is 0 Å². The lowest BCUT2D eigenvalue weighted by Crippen LogP contribution is -2.35. The Morgan fingerprint density at radius 3 is 2.56 bits per heavy atom. The van der Waals surface area contributed by atoms with Gasteiger partial charge in [-0.3, -0.25) is 4.79 Å². The van der Waals surface area contributed by atoms with Gasteiger partial charge in [-0.25, -0.2) is 8.42 Å². The number of rotatable bonds is 7. The van der Waals surface area contributed by atoms with E-state index in [0.717, 1.165) is 35.7 Å². The smallest absolute Gasteiger partial charge is 0.243 e. The number of amides is 1. The molecular weight excluding hydrogens is 446 g/mol. The summed E-state index contributed by atoms with van der Waals surface area (Å²) in [7, 11) is -3.50. The van der Waals surface area contributed by atoms with Gasteiger partial charge in [0.2, 0.25) is 15.9 Å². The number of piperidine rings is 1. The van der Waals surface area contributed by atoms with Crippen molar-refractivity contribution >= 4 is 38.4 Å². The summed E-state index contributed by atoms with van der Waals surface area (Å²) in [4.78, 5) is 13.3. The molecule has 32 heavy (non-hydrogen) atoms. The average molecular weight is 474 g/mol. The Bertz CT molecular complexity index is 1220. The number of carbonyl (C=O) groups excluding carboxylic acids is 1. The Labute approximate surface area is 194 Å². The van der Waals surface area contributed by atoms with Gasteiger partial charge in [-0.15, -0.1) is 0 Å². The van der Waals surface area contributed by atoms with Crippen molar-refractivity contribution in [2.45, 2.75) is 50.1 Å². The molecular formula is C24H28ClN3O3S. The largest absolute Gasteiger partial charge is 0.350 e. The predicted molar refractivity (Wildman–Crippen MR) is 127 cm³/mol. The predicted octanol–water partition coefficient (Wildman–Crippen LogP) is 4.74. The van der Waals surface area contributed by atoms with Crippen molar-refractivity contribution in [3.63, 3.8) is 0 Å². The quantitative estimate of drug-likeness (QED) is 0.538. The number of hydrogen-bond acceptors (Lipinski definition) is 3. The number of sulfonamides is 1. The highest BCUT2D eigenvalue weighted by Gasteiger charge is 2.27. The van der Waals surface area contributed by atoms with Crippen LogP contribution in [0.25, 0.3) is 10.9 Å². The van der Waals surface area contributed by atoms with Crippen LogP contribution in [0.5, 0.6) is 0 Å². The van der Waals surface area contributed by atoms with Crippen molar-refractivity contribution in [3.8, 4) is 0 Å². The van der Waals surface area contributed by atoms with Gasteiger partial charge in [0.05, 0.1) is 4.90 Å². The first-order valence-electron chi connectivity index (χ1n) is 11.0. The van der Waals surface area contributed by atoms with Gasteiger partial charge in [0.15, 0.2) is 0 Å². The van der Waals surface area contributed by atoms with Crippen LogP contribution < -0.4 is 5.32 Å². The van der Waals surface area contributed by atoms with E-state index in [2.05, 4.69) is 5.32 Å². The fraction of sp³-hybridized carbons (Fsp3) is 0.375. The maximum atomic E-state index is 13.0. The van der Waals surface area contributed by atoms with Crippen LogP contribution in [0.1, 0.15) is 44.2 Å². The first kappa shape index (κ1) is 22.8. The number of nitrogens with zero attached hydrogens (tertiary/aromatic N) is 2. The number of aromatic nitrogens is 1. The maximum Gasteiger partial charge on any atom is 0.243 e. The summed E-state index contributed by atoms with van der Waals surface area (Å²) in [6, 6.07) is 14.1. The number of fused-ring (bicyclic) bond motifs is 1. The summed E-state index contributed by atoms with van der Waals surface area (Å²) >= 11 is 6.20. The molecule has 2 heterocycles. The first-order chi connectivity index (χ1) is 15.4. The van der Waals surface area contributed by atoms with Crippen LogP contribution in [0.3, 0.4) is 0 Å². The minimum Gasteiger partial charge on any atom is -0.350 e. The molecule has 1 fully saturated rings. The standard InChI is InChI=1S/C24H28ClN3O3S/c1-2-22(24(29)26-17-19-8-4-5-9-21(19)25)28-15-12-18-16-20(10-11-23(18)28)32(30,31)27-13-6-3-7-14-27/h4-5,8-12,15-16,22H,2-3,6-7,13-14,17H2,1H3,(H,26,29)/t22-/m0/s1. The first-order valence-corrected chi connectivity index (χ1v) is 12.9. The van der Waals surface area contributed by atoms with Crippen molar-refractivity contribution in [1.29, 1.82) is 0 Å². The normalized spacial score (nSPS) is 16.2. The van der Waals surface area contributed by atoms with Gasteiger partial charge in [0.1, 0.15) is 6.04 Å². The van der Waals surface area contributed by atoms with Crippen molar-refractivity contribution in [2.75, 3.05) is 13.1 Å². The Morgan fingerprint density at radius 2 is 1.84 bits per heavy atom. The molecule has 0 bridgehead atoms. The molecule has 0 aliphatic carbocycles. The molecule has 1 N–H and O–H groups in total. The lowest BCUT2D eigenvalue weighted by atomic mass is 10.1. The van der Waals surface area contributed by atoms with E-state index in [9.17, 15) is 13.2 Å². The molecule has 0 saturated carbocycles. The molecule has 1 aliphatic heterocycles. The molecule has 0 unspecified atom stereocenters. The molecule has 8 heteroatoms. The zero-order valence-corrected chi connectivity index (χ0v) is 19.7. The molecule has 1 atom stereocenters. The van der Waals surface area contributed by atoms with E-state index in [0.29, 0.717) is 36.0 Å². The van der Waals surface area contributed by atoms with Crippen LogP contribution in [0.4, 0.5) is 0 Å². The van der Waals surface area contributed by atoms with Crippen LogP contribution >= 0.6 is 11.6 Å². The lowest BCUT2D eigenvalue weighted by Gasteiger charge is -2.26. The monoisotopic (exact) mass is 473 g/mol. The number of hydrogen-bond donors (Lipinski definition) is 1. The molecule has 6 nitrogen and oxygen atoms in total. The third kappa shape index (κ3) is 4.56. The van der Waals surface area contributed by atoms with E-state index in [1.54, 1.807) is 28.6 Å². The zero-order valence-electron chi connectivity index (χ0n) is 18.1. The second-order valence-electron chi connectivity index (χ2n) is 8.14. The summed E-state index contributed by atoms with van der Waals surface area (Å²) in [5.41, 5.74) is 1.70. The van der Waals surface area contributed by atoms with Crippen LogP contribution in [0.15, 0.2) is 59.6 Å². The Kier molecular flexibility index (Phi) is 6.88. The minimum atomic E-state index is -3.50. The third-order valence-electron chi connectivity index (χ3n) is 6.08. The molecule has 170 valence electrons. The minimum absolute atomic E-state index is 0.102. The van der Waals surface area contributed by atoms with Crippen LogP contribution in [-0.4, -0.2) is 36.3 Å². The fourth-order valence-corrected chi connectivity index (χ4v) is 6.03. The number of carbonyl (C=O) groups is 1. The zero-order chi connectivity index (χ0) is 22.7. The van der Waals surface area contributed by atoms with E-state index in [-0.39, 0.29) is 5.91 Å². The van der Waals surface area contributed by atoms with Gasteiger partial charge in [-0.1, -0.05) is 43.1 Å². The Morgan fingerprint density at radius 1 is 1.09 bits per heavy atom. The Hall–Kier alpha value is -2.35. The molecule has 1 saturated heterocycles. The van der Waals surface area contributed by atoms with Gasteiger partial charge in [0.25, 0.3) is 0 Å². The van der Waals surface area contributed by atoms with Crippen LogP contribution in [-0.2, 0) is 21.4 Å². The molecule has 0 radical (unpaired) electrons. The van der Waals surface area contributed by atoms with Crippen molar-refractivity contribution in [1.82, 2.24) is 14.2 Å². The molecule has 0 spiro atoms. The van der Waals surface area contributed by atoms with Gasteiger partial charge in [0, 0.05) is 41.8 Å². The van der Waals surface area contributed by atoms with Crippen molar-refractivity contribution < 1.29 is 13.2 Å². The molecule has 4 rings (SSSR count). The topological polar surface area (TPSA) is 71.4 Å². The molecule has 2 aromatic carbocycles. The van der Waals surface area contributed by atoms with E-state index >= 15 is 0 Å². The SMILES string of the molecule is CC[C@@H](C(=O)NCc1ccccc1Cl)n1ccc2cc(S(=O)(=O)N3CCCCC3)ccc21. The van der Waals surface area contributed by atoms with E-state index < -0.39 is 16.1 Å². The van der Waals surface area contributed by atoms with E-state index in [4.69, 9.17) is 11.6 Å². The number of halogens is 1. The molecule has 1 aliphatic rings. The fourth-order valence-electron chi connectivity index (χ4n) is 4.28. The number of benzene rings is 2. The molecule has 1 amide bonds. The van der Waals surface area contributed by atoms with Gasteiger partial charge >= 0.3 is 0 Å². The summed E-state index contributed by atoms with van der Waals surface area (Å²) in [6.07, 6.45) is 5.33. The number of nitrogens with one attached hydrogen (secondary N) is 1. The molecule has 3 aromatic rings. The van der Waals surface area contributed by atoms with Crippen LogP contribution in [0.2, 0.25) is 5.02 Å². The van der Waals surface area contributed by atoms with E-state index in [1.807, 2.05) is 42.0 Å².